The Morgan fingerprint density at radius 3 is 2.71 bits per heavy atom. The minimum Gasteiger partial charge on any atom is -0.398 e. The zero-order valence-electron chi connectivity index (χ0n) is 7.92. The maximum Gasteiger partial charge on any atom is 0.0727 e. The summed E-state index contributed by atoms with van der Waals surface area (Å²) in [4.78, 5) is 0. The second-order valence-corrected chi connectivity index (χ2v) is 3.64. The maximum absolute atomic E-state index is 6.19. The number of anilines is 1. The fourth-order valence-electron chi connectivity index (χ4n) is 1.74. The Labute approximate surface area is 87.2 Å². The summed E-state index contributed by atoms with van der Waals surface area (Å²) in [5, 5.41) is 1.57. The molecule has 74 valence electrons. The molecule has 2 rings (SSSR count). The molecule has 1 aromatic heterocycles. The minimum absolute atomic E-state index is 0.420. The molecule has 0 unspecified atom stereocenters. The van der Waals surface area contributed by atoms with Gasteiger partial charge in [-0.3, -0.25) is 0 Å². The van der Waals surface area contributed by atoms with E-state index in [1.165, 1.54) is 0 Å². The Hall–Kier alpha value is -1.19. The van der Waals surface area contributed by atoms with Crippen molar-refractivity contribution in [3.8, 4) is 0 Å². The van der Waals surface area contributed by atoms with Gasteiger partial charge in [-0.25, -0.2) is 0 Å². The topological polar surface area (TPSA) is 57.0 Å². The predicted molar refractivity (Wildman–Crippen MR) is 60.2 cm³/mol. The SMILES string of the molecule is Cn1c(CN)c(Cl)c2c(N)cccc21. The summed E-state index contributed by atoms with van der Waals surface area (Å²) in [6.07, 6.45) is 0. The van der Waals surface area contributed by atoms with Gasteiger partial charge in [0.05, 0.1) is 16.2 Å². The zero-order chi connectivity index (χ0) is 10.3. The number of hydrogen-bond acceptors (Lipinski definition) is 2. The molecule has 2 aromatic rings. The molecule has 0 radical (unpaired) electrons. The van der Waals surface area contributed by atoms with E-state index in [-0.39, 0.29) is 0 Å². The van der Waals surface area contributed by atoms with E-state index in [2.05, 4.69) is 0 Å². The van der Waals surface area contributed by atoms with Gasteiger partial charge >= 0.3 is 0 Å². The van der Waals surface area contributed by atoms with Crippen molar-refractivity contribution in [2.75, 3.05) is 5.73 Å². The van der Waals surface area contributed by atoms with Gasteiger partial charge in [0.2, 0.25) is 0 Å². The van der Waals surface area contributed by atoms with Crippen LogP contribution in [0.25, 0.3) is 10.9 Å². The average Bonchev–Trinajstić information content (AvgIpc) is 2.41. The second kappa shape index (κ2) is 3.19. The summed E-state index contributed by atoms with van der Waals surface area (Å²) in [6.45, 7) is 0.420. The normalized spacial score (nSPS) is 11.1. The van der Waals surface area contributed by atoms with Gasteiger partial charge in [0, 0.05) is 24.7 Å². The summed E-state index contributed by atoms with van der Waals surface area (Å²) in [5.74, 6) is 0. The Kier molecular flexibility index (Phi) is 2.13. The number of aromatic nitrogens is 1. The molecule has 0 fully saturated rings. The van der Waals surface area contributed by atoms with Crippen molar-refractivity contribution in [1.82, 2.24) is 4.57 Å². The number of halogens is 1. The molecule has 0 spiro atoms. The summed E-state index contributed by atoms with van der Waals surface area (Å²) >= 11 is 6.19. The van der Waals surface area contributed by atoms with Gasteiger partial charge in [-0.1, -0.05) is 17.7 Å². The highest BCUT2D eigenvalue weighted by molar-refractivity contribution is 6.37. The van der Waals surface area contributed by atoms with Crippen LogP contribution in [0.3, 0.4) is 0 Å². The largest absolute Gasteiger partial charge is 0.398 e. The van der Waals surface area contributed by atoms with Gasteiger partial charge in [-0.05, 0) is 12.1 Å². The lowest BCUT2D eigenvalue weighted by atomic mass is 10.2. The van der Waals surface area contributed by atoms with Crippen molar-refractivity contribution in [3.05, 3.63) is 28.9 Å². The van der Waals surface area contributed by atoms with E-state index in [0.29, 0.717) is 17.3 Å². The quantitative estimate of drug-likeness (QED) is 0.705. The molecule has 0 saturated heterocycles. The van der Waals surface area contributed by atoms with Gasteiger partial charge in [0.15, 0.2) is 0 Å². The van der Waals surface area contributed by atoms with Crippen molar-refractivity contribution < 1.29 is 0 Å². The van der Waals surface area contributed by atoms with Gasteiger partial charge in [0.1, 0.15) is 0 Å². The highest BCUT2D eigenvalue weighted by Gasteiger charge is 2.13. The van der Waals surface area contributed by atoms with E-state index in [4.69, 9.17) is 23.1 Å². The number of aryl methyl sites for hydroxylation is 1. The Morgan fingerprint density at radius 2 is 2.14 bits per heavy atom. The lowest BCUT2D eigenvalue weighted by molar-refractivity contribution is 0.849. The van der Waals surface area contributed by atoms with Crippen LogP contribution >= 0.6 is 11.6 Å². The molecule has 4 heteroatoms. The van der Waals surface area contributed by atoms with Crippen molar-refractivity contribution in [2.45, 2.75) is 6.54 Å². The first-order valence-electron chi connectivity index (χ1n) is 4.38. The zero-order valence-corrected chi connectivity index (χ0v) is 8.67. The first kappa shape index (κ1) is 9.37. The van der Waals surface area contributed by atoms with Crippen molar-refractivity contribution in [2.24, 2.45) is 12.8 Å². The van der Waals surface area contributed by atoms with E-state index < -0.39 is 0 Å². The van der Waals surface area contributed by atoms with Crippen molar-refractivity contribution in [3.63, 3.8) is 0 Å². The highest BCUT2D eigenvalue weighted by atomic mass is 35.5. The lowest BCUT2D eigenvalue weighted by Gasteiger charge is -2.00. The number of benzene rings is 1. The van der Waals surface area contributed by atoms with E-state index >= 15 is 0 Å². The smallest absolute Gasteiger partial charge is 0.0727 e. The molecule has 0 aliphatic carbocycles. The Morgan fingerprint density at radius 1 is 1.43 bits per heavy atom. The molecule has 0 aliphatic rings. The second-order valence-electron chi connectivity index (χ2n) is 3.27. The lowest BCUT2D eigenvalue weighted by Crippen LogP contribution is -2.03. The van der Waals surface area contributed by atoms with Gasteiger partial charge < -0.3 is 16.0 Å². The highest BCUT2D eigenvalue weighted by Crippen LogP contribution is 2.33. The minimum atomic E-state index is 0.420. The molecular formula is C10H12ClN3. The molecule has 14 heavy (non-hydrogen) atoms. The van der Waals surface area contributed by atoms with Crippen LogP contribution in [0.2, 0.25) is 5.02 Å². The van der Waals surface area contributed by atoms with Crippen LogP contribution in [0, 0.1) is 0 Å². The van der Waals surface area contributed by atoms with Crippen molar-refractivity contribution >= 4 is 28.2 Å². The van der Waals surface area contributed by atoms with Gasteiger partial charge in [-0.2, -0.15) is 0 Å². The Balaban J connectivity index is 2.94. The number of nitrogen functional groups attached to an aromatic ring is 1. The average molecular weight is 210 g/mol. The van der Waals surface area contributed by atoms with E-state index in [1.54, 1.807) is 0 Å². The number of rotatable bonds is 1. The molecule has 3 nitrogen and oxygen atoms in total. The van der Waals surface area contributed by atoms with Crippen LogP contribution in [-0.2, 0) is 13.6 Å². The van der Waals surface area contributed by atoms with Gasteiger partial charge in [0.25, 0.3) is 0 Å². The number of nitrogens with two attached hydrogens (primary N) is 2. The van der Waals surface area contributed by atoms with Crippen LogP contribution in [0.1, 0.15) is 5.69 Å². The number of fused-ring (bicyclic) bond motifs is 1. The van der Waals surface area contributed by atoms with Crippen LogP contribution < -0.4 is 11.5 Å². The molecule has 1 aromatic carbocycles. The first-order valence-corrected chi connectivity index (χ1v) is 4.76. The van der Waals surface area contributed by atoms with Gasteiger partial charge in [-0.15, -0.1) is 0 Å². The molecule has 0 saturated carbocycles. The monoisotopic (exact) mass is 209 g/mol. The summed E-state index contributed by atoms with van der Waals surface area (Å²) in [7, 11) is 1.94. The first-order chi connectivity index (χ1) is 6.66. The summed E-state index contributed by atoms with van der Waals surface area (Å²) in [5.41, 5.74) is 14.1. The molecule has 4 N–H and O–H groups in total. The van der Waals surface area contributed by atoms with Crippen LogP contribution in [0.4, 0.5) is 5.69 Å². The van der Waals surface area contributed by atoms with E-state index in [1.807, 2.05) is 29.8 Å². The fraction of sp³-hybridized carbons (Fsp3) is 0.200. The predicted octanol–water partition coefficient (Wildman–Crippen LogP) is 1.87. The molecular weight excluding hydrogens is 198 g/mol. The molecule has 0 amide bonds. The van der Waals surface area contributed by atoms with E-state index in [0.717, 1.165) is 16.6 Å². The summed E-state index contributed by atoms with van der Waals surface area (Å²) in [6, 6.07) is 5.74. The van der Waals surface area contributed by atoms with Crippen LogP contribution in [0.5, 0.6) is 0 Å². The van der Waals surface area contributed by atoms with Crippen LogP contribution in [0.15, 0.2) is 18.2 Å². The molecule has 0 atom stereocenters. The standard InChI is InChI=1S/C10H12ClN3/c1-14-7-4-2-3-6(13)9(7)10(11)8(14)5-12/h2-4H,5,12-13H2,1H3. The number of nitrogens with zero attached hydrogens (tertiary/aromatic N) is 1. The molecule has 0 bridgehead atoms. The summed E-state index contributed by atoms with van der Waals surface area (Å²) < 4.78 is 1.98. The van der Waals surface area contributed by atoms with Crippen molar-refractivity contribution in [1.29, 1.82) is 0 Å². The third kappa shape index (κ3) is 1.10. The third-order valence-corrected chi connectivity index (χ3v) is 2.91. The molecule has 1 heterocycles. The molecule has 0 aliphatic heterocycles. The number of hydrogen-bond donors (Lipinski definition) is 2. The van der Waals surface area contributed by atoms with E-state index in [9.17, 15) is 0 Å². The maximum atomic E-state index is 6.19. The third-order valence-electron chi connectivity index (χ3n) is 2.51. The fourth-order valence-corrected chi connectivity index (χ4v) is 2.15. The van der Waals surface area contributed by atoms with Crippen LogP contribution in [-0.4, -0.2) is 4.57 Å². The Bertz CT molecular complexity index is 488.